The van der Waals surface area contributed by atoms with Gasteiger partial charge >= 0.3 is 11.9 Å². The van der Waals surface area contributed by atoms with Gasteiger partial charge in [-0.3, -0.25) is 9.59 Å². The average molecular weight is 881 g/mol. The van der Waals surface area contributed by atoms with E-state index in [1.165, 1.54) is 148 Å². The van der Waals surface area contributed by atoms with Gasteiger partial charge in [0.15, 0.2) is 12.4 Å². The molecule has 0 amide bonds. The molecule has 0 aromatic rings. The van der Waals surface area contributed by atoms with Gasteiger partial charge in [0.25, 0.3) is 0 Å². The fourth-order valence-corrected chi connectivity index (χ4v) is 8.05. The summed E-state index contributed by atoms with van der Waals surface area (Å²) in [4.78, 5) is 25.4. The van der Waals surface area contributed by atoms with Gasteiger partial charge in [0, 0.05) is 12.8 Å². The minimum Gasteiger partial charge on any atom is -0.462 e. The lowest BCUT2D eigenvalue weighted by Gasteiger charge is -2.39. The van der Waals surface area contributed by atoms with E-state index in [0.717, 1.165) is 57.8 Å². The van der Waals surface area contributed by atoms with Crippen LogP contribution in [0.3, 0.4) is 0 Å². The second kappa shape index (κ2) is 43.1. The van der Waals surface area contributed by atoms with Gasteiger partial charge in [-0.25, -0.2) is 0 Å². The van der Waals surface area contributed by atoms with Crippen LogP contribution in [0.15, 0.2) is 17.9 Å². The van der Waals surface area contributed by atoms with Crippen LogP contribution in [-0.4, -0.2) is 89.0 Å². The number of ether oxygens (including phenoxy) is 4. The van der Waals surface area contributed by atoms with Crippen LogP contribution in [0.2, 0.25) is 0 Å². The number of hydrogen-bond acceptors (Lipinski definition) is 10. The Bertz CT molecular complexity index is 1080. The van der Waals surface area contributed by atoms with Crippen molar-refractivity contribution in [1.29, 1.82) is 0 Å². The standard InChI is InChI=1S/C52H96O10/c1-3-5-7-9-11-13-15-17-19-20-21-22-23-24-25-27-29-31-33-35-37-39-41-48(55)61-45(44-60-52-51(58)50(57)49(56)46(42-53)62-52)43-59-47(54)40-38-36-34-32-30-28-26-18-16-14-12-10-8-6-4-2/h16,26,45-46,49-53,56-58H,3-15,17,19-25,27-44H2,1-2H3/t18?,45-,46-,49+,50?,51?,52-/m1/s1. The molecule has 1 aliphatic rings. The van der Waals surface area contributed by atoms with Crippen LogP contribution >= 0.6 is 0 Å². The molecule has 0 bridgehead atoms. The lowest BCUT2D eigenvalue weighted by molar-refractivity contribution is -0.305. The summed E-state index contributed by atoms with van der Waals surface area (Å²) < 4.78 is 22.2. The van der Waals surface area contributed by atoms with Crippen molar-refractivity contribution in [1.82, 2.24) is 0 Å². The second-order valence-corrected chi connectivity index (χ2v) is 18.1. The Hall–Kier alpha value is -1.78. The van der Waals surface area contributed by atoms with Gasteiger partial charge in [0.2, 0.25) is 0 Å². The highest BCUT2D eigenvalue weighted by atomic mass is 16.7. The van der Waals surface area contributed by atoms with Gasteiger partial charge in [-0.05, 0) is 50.7 Å². The first kappa shape index (κ1) is 58.2. The maximum atomic E-state index is 12.8. The molecule has 364 valence electrons. The summed E-state index contributed by atoms with van der Waals surface area (Å²) in [5.74, 6) is -0.814. The van der Waals surface area contributed by atoms with Crippen LogP contribution in [0.1, 0.15) is 245 Å². The first-order valence-electron chi connectivity index (χ1n) is 26.0. The van der Waals surface area contributed by atoms with Crippen molar-refractivity contribution in [2.24, 2.45) is 0 Å². The van der Waals surface area contributed by atoms with E-state index >= 15 is 0 Å². The number of allylic oxidation sites excluding steroid dienone is 1. The van der Waals surface area contributed by atoms with Gasteiger partial charge in [-0.1, -0.05) is 194 Å². The van der Waals surface area contributed by atoms with E-state index in [2.05, 4.69) is 31.7 Å². The molecular weight excluding hydrogens is 785 g/mol. The van der Waals surface area contributed by atoms with E-state index in [1.54, 1.807) is 0 Å². The highest BCUT2D eigenvalue weighted by Crippen LogP contribution is 2.23. The molecule has 1 saturated heterocycles. The smallest absolute Gasteiger partial charge is 0.306 e. The van der Waals surface area contributed by atoms with Crippen LogP contribution in [-0.2, 0) is 28.5 Å². The summed E-state index contributed by atoms with van der Waals surface area (Å²) >= 11 is 0. The summed E-state index contributed by atoms with van der Waals surface area (Å²) in [6.45, 7) is 3.43. The van der Waals surface area contributed by atoms with Crippen molar-refractivity contribution in [3.05, 3.63) is 17.9 Å². The second-order valence-electron chi connectivity index (χ2n) is 18.1. The topological polar surface area (TPSA) is 152 Å². The first-order chi connectivity index (χ1) is 30.3. The monoisotopic (exact) mass is 881 g/mol. The van der Waals surface area contributed by atoms with Crippen molar-refractivity contribution < 1.29 is 49.0 Å². The van der Waals surface area contributed by atoms with Crippen molar-refractivity contribution in [3.8, 4) is 0 Å². The van der Waals surface area contributed by atoms with Gasteiger partial charge in [0.05, 0.1) is 13.2 Å². The Morgan fingerprint density at radius 2 is 0.903 bits per heavy atom. The summed E-state index contributed by atoms with van der Waals surface area (Å²) in [5, 5.41) is 40.2. The van der Waals surface area contributed by atoms with Crippen LogP contribution in [0, 0.1) is 0 Å². The fourth-order valence-electron chi connectivity index (χ4n) is 8.05. The number of esters is 2. The molecule has 0 radical (unpaired) electrons. The molecule has 2 unspecified atom stereocenters. The quantitative estimate of drug-likeness (QED) is 0.0264. The lowest BCUT2D eigenvalue weighted by atomic mass is 9.99. The Labute approximate surface area is 379 Å². The van der Waals surface area contributed by atoms with E-state index in [4.69, 9.17) is 18.9 Å². The molecule has 0 aliphatic carbocycles. The van der Waals surface area contributed by atoms with Crippen LogP contribution < -0.4 is 0 Å². The SMILES string of the molecule is CCCCCCCC=C=CCCCCCCCC(=O)OC[C@H](CO[C@@H]1O[C@H](CO)[C@H](O)C(O)C1O)OC(=O)CCCCCCCCCCCCCCCCCCCCCCCC. The fraction of sp³-hybridized carbons (Fsp3) is 0.904. The molecule has 62 heavy (non-hydrogen) atoms. The molecule has 6 atom stereocenters. The highest BCUT2D eigenvalue weighted by molar-refractivity contribution is 5.70. The summed E-state index contributed by atoms with van der Waals surface area (Å²) in [6.07, 6.45) is 38.6. The molecule has 1 aliphatic heterocycles. The molecule has 0 aromatic carbocycles. The van der Waals surface area contributed by atoms with Crippen molar-refractivity contribution in [3.63, 3.8) is 0 Å². The van der Waals surface area contributed by atoms with E-state index in [0.29, 0.717) is 12.8 Å². The minimum atomic E-state index is -1.60. The summed E-state index contributed by atoms with van der Waals surface area (Å²) in [7, 11) is 0. The Balaban J connectivity index is 2.24. The maximum absolute atomic E-state index is 12.8. The first-order valence-corrected chi connectivity index (χ1v) is 26.0. The number of hydrogen-bond donors (Lipinski definition) is 4. The maximum Gasteiger partial charge on any atom is 0.306 e. The van der Waals surface area contributed by atoms with E-state index < -0.39 is 49.4 Å². The molecule has 1 rings (SSSR count). The summed E-state index contributed by atoms with van der Waals surface area (Å²) in [6, 6.07) is 0. The van der Waals surface area contributed by atoms with Crippen LogP contribution in [0.5, 0.6) is 0 Å². The van der Waals surface area contributed by atoms with Crippen LogP contribution in [0.25, 0.3) is 0 Å². The van der Waals surface area contributed by atoms with E-state index in [9.17, 15) is 30.0 Å². The number of unbranched alkanes of at least 4 members (excludes halogenated alkanes) is 31. The van der Waals surface area contributed by atoms with Crippen LogP contribution in [0.4, 0.5) is 0 Å². The van der Waals surface area contributed by atoms with Crippen molar-refractivity contribution in [2.75, 3.05) is 19.8 Å². The normalized spacial score (nSPS) is 19.2. The molecule has 1 heterocycles. The predicted octanol–water partition coefficient (Wildman–Crippen LogP) is 12.1. The molecule has 0 spiro atoms. The molecular formula is C52H96O10. The number of aliphatic hydroxyl groups excluding tert-OH is 4. The lowest BCUT2D eigenvalue weighted by Crippen LogP contribution is -2.59. The zero-order chi connectivity index (χ0) is 45.1. The Kier molecular flexibility index (Phi) is 40.5. The average Bonchev–Trinajstić information content (AvgIpc) is 3.27. The van der Waals surface area contributed by atoms with Crippen molar-refractivity contribution >= 4 is 11.9 Å². The highest BCUT2D eigenvalue weighted by Gasteiger charge is 2.44. The number of carbonyl (C=O) groups is 2. The predicted molar refractivity (Wildman–Crippen MR) is 251 cm³/mol. The number of rotatable bonds is 44. The number of carbonyl (C=O) groups excluding carboxylic acids is 2. The van der Waals surface area contributed by atoms with Gasteiger partial charge in [-0.15, -0.1) is 5.73 Å². The largest absolute Gasteiger partial charge is 0.462 e. The van der Waals surface area contributed by atoms with E-state index in [1.807, 2.05) is 0 Å². The molecule has 10 nitrogen and oxygen atoms in total. The third-order valence-corrected chi connectivity index (χ3v) is 12.2. The molecule has 0 saturated carbocycles. The minimum absolute atomic E-state index is 0.222. The Morgan fingerprint density at radius 3 is 1.32 bits per heavy atom. The zero-order valence-electron chi connectivity index (χ0n) is 39.9. The summed E-state index contributed by atoms with van der Waals surface area (Å²) in [5.41, 5.74) is 3.30. The van der Waals surface area contributed by atoms with Gasteiger partial charge in [-0.2, -0.15) is 0 Å². The Morgan fingerprint density at radius 1 is 0.516 bits per heavy atom. The third kappa shape index (κ3) is 33.7. The molecule has 10 heteroatoms. The third-order valence-electron chi connectivity index (χ3n) is 12.2. The number of aliphatic hydroxyl groups is 4. The van der Waals surface area contributed by atoms with Gasteiger partial charge < -0.3 is 39.4 Å². The zero-order valence-corrected chi connectivity index (χ0v) is 39.9. The van der Waals surface area contributed by atoms with Crippen molar-refractivity contribution in [2.45, 2.75) is 282 Å². The molecule has 1 fully saturated rings. The van der Waals surface area contributed by atoms with Gasteiger partial charge in [0.1, 0.15) is 31.0 Å². The molecule has 4 N–H and O–H groups in total. The van der Waals surface area contributed by atoms with E-state index in [-0.39, 0.29) is 32.0 Å². The molecule has 0 aromatic heterocycles.